The van der Waals surface area contributed by atoms with Gasteiger partial charge in [0.1, 0.15) is 0 Å². The van der Waals surface area contributed by atoms with Gasteiger partial charge in [-0.25, -0.2) is 0 Å². The van der Waals surface area contributed by atoms with Crippen molar-refractivity contribution in [3.8, 4) is 0 Å². The lowest BCUT2D eigenvalue weighted by Crippen LogP contribution is -2.13. The molecule has 5 N–H and O–H groups in total. The van der Waals surface area contributed by atoms with Crippen molar-refractivity contribution in [2.45, 2.75) is 6.92 Å². The number of halogens is 2. The molecule has 0 aliphatic rings. The Morgan fingerprint density at radius 3 is 2.50 bits per heavy atom. The SMILES string of the molecule is Cc1cc(Cl)c(Nc2ccc(N)c(C(N)=O)c2)cc1Cl. The summed E-state index contributed by atoms with van der Waals surface area (Å²) in [5.74, 6) is -0.584. The van der Waals surface area contributed by atoms with Crippen LogP contribution in [0.1, 0.15) is 15.9 Å². The van der Waals surface area contributed by atoms with Crippen molar-refractivity contribution in [1.29, 1.82) is 0 Å². The fourth-order valence-corrected chi connectivity index (χ4v) is 2.17. The van der Waals surface area contributed by atoms with E-state index in [4.69, 9.17) is 34.7 Å². The number of benzene rings is 2. The quantitative estimate of drug-likeness (QED) is 0.756. The molecule has 0 spiro atoms. The highest BCUT2D eigenvalue weighted by molar-refractivity contribution is 6.35. The number of hydrogen-bond donors (Lipinski definition) is 3. The number of carbonyl (C=O) groups is 1. The summed E-state index contributed by atoms with van der Waals surface area (Å²) in [6.45, 7) is 1.87. The molecule has 0 atom stereocenters. The molecule has 0 radical (unpaired) electrons. The van der Waals surface area contributed by atoms with Crippen LogP contribution in [0.2, 0.25) is 10.0 Å². The topological polar surface area (TPSA) is 81.1 Å². The Morgan fingerprint density at radius 1 is 1.15 bits per heavy atom. The monoisotopic (exact) mass is 309 g/mol. The first kappa shape index (κ1) is 14.5. The maximum Gasteiger partial charge on any atom is 0.250 e. The Morgan fingerprint density at radius 2 is 1.85 bits per heavy atom. The number of anilines is 3. The molecule has 20 heavy (non-hydrogen) atoms. The molecule has 0 fully saturated rings. The number of hydrogen-bond acceptors (Lipinski definition) is 3. The lowest BCUT2D eigenvalue weighted by Gasteiger charge is -2.12. The minimum atomic E-state index is -0.584. The van der Waals surface area contributed by atoms with Crippen LogP contribution >= 0.6 is 23.2 Å². The van der Waals surface area contributed by atoms with E-state index in [1.807, 2.05) is 6.92 Å². The largest absolute Gasteiger partial charge is 0.398 e. The molecule has 0 aliphatic carbocycles. The van der Waals surface area contributed by atoms with E-state index in [1.54, 1.807) is 30.3 Å². The number of nitrogens with one attached hydrogen (secondary N) is 1. The second-order valence-corrected chi connectivity index (χ2v) is 5.19. The summed E-state index contributed by atoms with van der Waals surface area (Å²) in [5, 5.41) is 4.21. The molecule has 0 heterocycles. The van der Waals surface area contributed by atoms with Crippen LogP contribution in [0.25, 0.3) is 0 Å². The van der Waals surface area contributed by atoms with Gasteiger partial charge in [0.25, 0.3) is 5.91 Å². The highest BCUT2D eigenvalue weighted by Gasteiger charge is 2.09. The summed E-state index contributed by atoms with van der Waals surface area (Å²) in [7, 11) is 0. The Hall–Kier alpha value is -1.91. The maximum absolute atomic E-state index is 11.3. The summed E-state index contributed by atoms with van der Waals surface area (Å²) in [4.78, 5) is 11.3. The Bertz CT molecular complexity index is 686. The predicted molar refractivity (Wildman–Crippen MR) is 83.9 cm³/mol. The smallest absolute Gasteiger partial charge is 0.250 e. The van der Waals surface area contributed by atoms with Crippen molar-refractivity contribution in [3.05, 3.63) is 51.5 Å². The van der Waals surface area contributed by atoms with Crippen LogP contribution in [0.5, 0.6) is 0 Å². The zero-order chi connectivity index (χ0) is 14.9. The standard InChI is InChI=1S/C14H13Cl2N3O/c1-7-4-11(16)13(6-10(7)15)19-8-2-3-12(17)9(5-8)14(18)20/h2-6,19H,17H2,1H3,(H2,18,20). The molecule has 0 bridgehead atoms. The summed E-state index contributed by atoms with van der Waals surface area (Å²) in [6, 6.07) is 8.39. The van der Waals surface area contributed by atoms with E-state index in [0.29, 0.717) is 27.1 Å². The van der Waals surface area contributed by atoms with Gasteiger partial charge in [0.15, 0.2) is 0 Å². The van der Waals surface area contributed by atoms with Gasteiger partial charge in [-0.2, -0.15) is 0 Å². The van der Waals surface area contributed by atoms with E-state index >= 15 is 0 Å². The first-order chi connectivity index (χ1) is 9.38. The van der Waals surface area contributed by atoms with Gasteiger partial charge in [-0.3, -0.25) is 4.79 Å². The van der Waals surface area contributed by atoms with Gasteiger partial charge in [-0.05, 0) is 42.8 Å². The number of amides is 1. The van der Waals surface area contributed by atoms with Gasteiger partial charge in [-0.15, -0.1) is 0 Å². The summed E-state index contributed by atoms with van der Waals surface area (Å²) >= 11 is 12.2. The van der Waals surface area contributed by atoms with Gasteiger partial charge in [-0.1, -0.05) is 23.2 Å². The number of rotatable bonds is 3. The molecule has 2 aromatic rings. The van der Waals surface area contributed by atoms with Gasteiger partial charge >= 0.3 is 0 Å². The number of carbonyl (C=O) groups excluding carboxylic acids is 1. The average molecular weight is 310 g/mol. The summed E-state index contributed by atoms with van der Waals surface area (Å²) in [6.07, 6.45) is 0. The molecule has 6 heteroatoms. The average Bonchev–Trinajstić information content (AvgIpc) is 2.37. The fraction of sp³-hybridized carbons (Fsp3) is 0.0714. The third-order valence-corrected chi connectivity index (χ3v) is 3.57. The Labute approximate surface area is 126 Å². The van der Waals surface area contributed by atoms with Gasteiger partial charge in [0.2, 0.25) is 0 Å². The van der Waals surface area contributed by atoms with Gasteiger partial charge in [0, 0.05) is 16.4 Å². The highest BCUT2D eigenvalue weighted by Crippen LogP contribution is 2.31. The molecule has 0 aromatic heterocycles. The third-order valence-electron chi connectivity index (χ3n) is 2.85. The number of nitrogen functional groups attached to an aromatic ring is 1. The lowest BCUT2D eigenvalue weighted by atomic mass is 10.1. The minimum absolute atomic E-state index is 0.254. The molecular weight excluding hydrogens is 297 g/mol. The third kappa shape index (κ3) is 2.98. The normalized spacial score (nSPS) is 10.3. The minimum Gasteiger partial charge on any atom is -0.398 e. The number of primary amides is 1. The van der Waals surface area contributed by atoms with Crippen molar-refractivity contribution < 1.29 is 4.79 Å². The molecule has 2 aromatic carbocycles. The zero-order valence-electron chi connectivity index (χ0n) is 10.7. The summed E-state index contributed by atoms with van der Waals surface area (Å²) < 4.78 is 0. The second kappa shape index (κ2) is 5.61. The number of nitrogens with two attached hydrogens (primary N) is 2. The molecule has 0 saturated heterocycles. The molecular formula is C14H13Cl2N3O. The zero-order valence-corrected chi connectivity index (χ0v) is 12.2. The van der Waals surface area contributed by atoms with Crippen LogP contribution in [-0.2, 0) is 0 Å². The first-order valence-electron chi connectivity index (χ1n) is 5.80. The fourth-order valence-electron chi connectivity index (χ4n) is 1.75. The molecule has 104 valence electrons. The maximum atomic E-state index is 11.3. The van der Waals surface area contributed by atoms with Crippen LogP contribution < -0.4 is 16.8 Å². The molecule has 0 saturated carbocycles. The molecule has 4 nitrogen and oxygen atoms in total. The molecule has 0 aliphatic heterocycles. The van der Waals surface area contributed by atoms with Crippen LogP contribution in [0.15, 0.2) is 30.3 Å². The van der Waals surface area contributed by atoms with Crippen molar-refractivity contribution in [2.75, 3.05) is 11.1 Å². The number of aryl methyl sites for hydroxylation is 1. The Kier molecular flexibility index (Phi) is 4.06. The lowest BCUT2D eigenvalue weighted by molar-refractivity contribution is 0.100. The van der Waals surface area contributed by atoms with Crippen molar-refractivity contribution in [2.24, 2.45) is 5.73 Å². The molecule has 0 unspecified atom stereocenters. The van der Waals surface area contributed by atoms with Gasteiger partial charge < -0.3 is 16.8 Å². The van der Waals surface area contributed by atoms with Crippen molar-refractivity contribution in [3.63, 3.8) is 0 Å². The second-order valence-electron chi connectivity index (χ2n) is 4.37. The molecule has 1 amide bonds. The van der Waals surface area contributed by atoms with E-state index in [-0.39, 0.29) is 5.56 Å². The van der Waals surface area contributed by atoms with Gasteiger partial charge in [0.05, 0.1) is 16.3 Å². The van der Waals surface area contributed by atoms with E-state index in [9.17, 15) is 4.79 Å². The first-order valence-corrected chi connectivity index (χ1v) is 6.56. The predicted octanol–water partition coefficient (Wildman–Crippen LogP) is 3.73. The van der Waals surface area contributed by atoms with E-state index in [0.717, 1.165) is 5.56 Å². The summed E-state index contributed by atoms with van der Waals surface area (Å²) in [5.41, 5.74) is 13.7. The van der Waals surface area contributed by atoms with E-state index in [1.165, 1.54) is 0 Å². The van der Waals surface area contributed by atoms with Crippen LogP contribution in [0.3, 0.4) is 0 Å². The van der Waals surface area contributed by atoms with Crippen LogP contribution in [0, 0.1) is 6.92 Å². The van der Waals surface area contributed by atoms with Crippen molar-refractivity contribution in [1.82, 2.24) is 0 Å². The van der Waals surface area contributed by atoms with Crippen molar-refractivity contribution >= 4 is 46.2 Å². The highest BCUT2D eigenvalue weighted by atomic mass is 35.5. The van der Waals surface area contributed by atoms with Crippen LogP contribution in [-0.4, -0.2) is 5.91 Å². The molecule has 2 rings (SSSR count). The van der Waals surface area contributed by atoms with Crippen LogP contribution in [0.4, 0.5) is 17.1 Å². The van der Waals surface area contributed by atoms with E-state index in [2.05, 4.69) is 5.32 Å². The Balaban J connectivity index is 2.38. The van der Waals surface area contributed by atoms with E-state index < -0.39 is 5.91 Å².